The molecule has 0 aliphatic rings. The lowest BCUT2D eigenvalue weighted by Gasteiger charge is -2.10. The minimum Gasteiger partial charge on any atom is -0.349 e. The zero-order valence-electron chi connectivity index (χ0n) is 11.1. The van der Waals surface area contributed by atoms with Crippen LogP contribution in [0.1, 0.15) is 45.0 Å². The molecule has 0 N–H and O–H groups in total. The number of aromatic nitrogens is 1. The van der Waals surface area contributed by atoms with Crippen LogP contribution in [0.15, 0.2) is 30.5 Å². The highest BCUT2D eigenvalue weighted by atomic mass is 15.0. The maximum Gasteiger partial charge on any atom is 0.0276 e. The number of hydrogen-bond acceptors (Lipinski definition) is 0. The van der Waals surface area contributed by atoms with E-state index in [4.69, 9.17) is 0 Å². The van der Waals surface area contributed by atoms with E-state index < -0.39 is 0 Å². The van der Waals surface area contributed by atoms with Gasteiger partial charge in [-0.05, 0) is 38.3 Å². The number of rotatable bonds is 4. The summed E-state index contributed by atoms with van der Waals surface area (Å²) in [5.74, 6) is 0.517. The molecule has 0 amide bonds. The molecule has 1 heteroatoms. The van der Waals surface area contributed by atoms with Crippen LogP contribution >= 0.6 is 0 Å². The molecule has 0 fully saturated rings. The Bertz CT molecular complexity index is 392. The van der Waals surface area contributed by atoms with Crippen LogP contribution in [0.4, 0.5) is 0 Å². The maximum atomic E-state index is 4.05. The van der Waals surface area contributed by atoms with Crippen LogP contribution in [-0.2, 0) is 0 Å². The maximum absolute atomic E-state index is 4.05. The fourth-order valence-corrected chi connectivity index (χ4v) is 1.67. The van der Waals surface area contributed by atoms with Gasteiger partial charge in [-0.1, -0.05) is 38.2 Å². The zero-order valence-corrected chi connectivity index (χ0v) is 11.1. The van der Waals surface area contributed by atoms with E-state index in [9.17, 15) is 0 Å². The van der Waals surface area contributed by atoms with Crippen molar-refractivity contribution < 1.29 is 0 Å². The Labute approximate surface area is 99.5 Å². The van der Waals surface area contributed by atoms with Gasteiger partial charge < -0.3 is 4.57 Å². The van der Waals surface area contributed by atoms with E-state index in [-0.39, 0.29) is 0 Å². The molecule has 0 aliphatic heterocycles. The van der Waals surface area contributed by atoms with Crippen LogP contribution in [0.5, 0.6) is 0 Å². The van der Waals surface area contributed by atoms with Gasteiger partial charge in [0.1, 0.15) is 0 Å². The predicted molar refractivity (Wildman–Crippen MR) is 72.6 cm³/mol. The highest BCUT2D eigenvalue weighted by molar-refractivity contribution is 5.55. The van der Waals surface area contributed by atoms with Gasteiger partial charge in [-0.25, -0.2) is 0 Å². The summed E-state index contributed by atoms with van der Waals surface area (Å²) in [6, 6.07) is 2.69. The van der Waals surface area contributed by atoms with E-state index in [0.29, 0.717) is 12.0 Å². The average Bonchev–Trinajstić information content (AvgIpc) is 2.56. The summed E-state index contributed by atoms with van der Waals surface area (Å²) in [5.41, 5.74) is 3.79. The van der Waals surface area contributed by atoms with Crippen molar-refractivity contribution in [1.29, 1.82) is 0 Å². The van der Waals surface area contributed by atoms with Gasteiger partial charge in [0.15, 0.2) is 0 Å². The largest absolute Gasteiger partial charge is 0.349 e. The summed E-state index contributed by atoms with van der Waals surface area (Å²) in [4.78, 5) is 0. The topological polar surface area (TPSA) is 4.93 Å². The minimum atomic E-state index is 0.517. The van der Waals surface area contributed by atoms with Crippen molar-refractivity contribution in [3.05, 3.63) is 41.7 Å². The quantitative estimate of drug-likeness (QED) is 0.649. The van der Waals surface area contributed by atoms with Crippen LogP contribution in [0.3, 0.4) is 0 Å². The van der Waals surface area contributed by atoms with E-state index in [1.54, 1.807) is 0 Å². The second-order valence-corrected chi connectivity index (χ2v) is 4.92. The van der Waals surface area contributed by atoms with Crippen molar-refractivity contribution in [2.24, 2.45) is 5.92 Å². The van der Waals surface area contributed by atoms with Crippen LogP contribution in [0, 0.1) is 12.8 Å². The molecule has 0 aromatic carbocycles. The fraction of sp³-hybridized carbons (Fsp3) is 0.467. The number of hydrogen-bond donors (Lipinski definition) is 0. The lowest BCUT2D eigenvalue weighted by atomic mass is 10.0. The summed E-state index contributed by atoms with van der Waals surface area (Å²) in [6.07, 6.45) is 6.44. The van der Waals surface area contributed by atoms with E-state index in [1.807, 2.05) is 0 Å². The monoisotopic (exact) mass is 217 g/mol. The summed E-state index contributed by atoms with van der Waals surface area (Å²) >= 11 is 0. The Morgan fingerprint density at radius 2 is 1.94 bits per heavy atom. The molecule has 1 heterocycles. The molecule has 88 valence electrons. The number of allylic oxidation sites excluding steroid dienone is 2. The third-order valence-electron chi connectivity index (χ3n) is 2.99. The van der Waals surface area contributed by atoms with Crippen molar-refractivity contribution in [2.45, 2.75) is 40.7 Å². The molecule has 1 nitrogen and oxygen atoms in total. The Balaban J connectivity index is 2.87. The van der Waals surface area contributed by atoms with Crippen molar-refractivity contribution >= 4 is 6.08 Å². The summed E-state index contributed by atoms with van der Waals surface area (Å²) < 4.78 is 2.29. The van der Waals surface area contributed by atoms with Gasteiger partial charge >= 0.3 is 0 Å². The van der Waals surface area contributed by atoms with E-state index in [0.717, 1.165) is 0 Å². The molecule has 0 radical (unpaired) electrons. The highest BCUT2D eigenvalue weighted by Crippen LogP contribution is 2.18. The molecule has 0 unspecified atom stereocenters. The molecule has 0 aliphatic carbocycles. The lowest BCUT2D eigenvalue weighted by Crippen LogP contribution is -2.00. The highest BCUT2D eigenvalue weighted by Gasteiger charge is 2.04. The third-order valence-corrected chi connectivity index (χ3v) is 2.99. The first-order chi connectivity index (χ1) is 7.43. The molecule has 16 heavy (non-hydrogen) atoms. The number of nitrogens with zero attached hydrogens (tertiary/aromatic N) is 1. The lowest BCUT2D eigenvalue weighted by molar-refractivity contribution is 0.588. The first-order valence-corrected chi connectivity index (χ1v) is 5.97. The van der Waals surface area contributed by atoms with Crippen molar-refractivity contribution in [3.63, 3.8) is 0 Å². The molecule has 0 spiro atoms. The summed E-state index contributed by atoms with van der Waals surface area (Å²) in [7, 11) is 0. The molecule has 0 saturated carbocycles. The van der Waals surface area contributed by atoms with Crippen molar-refractivity contribution in [2.75, 3.05) is 0 Å². The second-order valence-electron chi connectivity index (χ2n) is 4.92. The van der Waals surface area contributed by atoms with E-state index >= 15 is 0 Å². The zero-order chi connectivity index (χ0) is 12.3. The summed E-state index contributed by atoms with van der Waals surface area (Å²) in [6.45, 7) is 14.9. The van der Waals surface area contributed by atoms with E-state index in [2.05, 4.69) is 70.2 Å². The summed E-state index contributed by atoms with van der Waals surface area (Å²) in [5, 5.41) is 0. The van der Waals surface area contributed by atoms with Gasteiger partial charge in [-0.3, -0.25) is 0 Å². The van der Waals surface area contributed by atoms with Gasteiger partial charge in [0.2, 0.25) is 0 Å². The Hall–Kier alpha value is -1.24. The molecular formula is C15H23N. The van der Waals surface area contributed by atoms with E-state index in [1.165, 1.54) is 16.8 Å². The van der Waals surface area contributed by atoms with Gasteiger partial charge in [0, 0.05) is 17.9 Å². The molecule has 0 atom stereocenters. The molecule has 1 rings (SSSR count). The van der Waals surface area contributed by atoms with Crippen LogP contribution in [0.25, 0.3) is 6.08 Å². The van der Waals surface area contributed by atoms with Crippen LogP contribution < -0.4 is 0 Å². The first-order valence-electron chi connectivity index (χ1n) is 5.97. The first kappa shape index (κ1) is 12.8. The second kappa shape index (κ2) is 5.20. The van der Waals surface area contributed by atoms with Gasteiger partial charge in [-0.2, -0.15) is 0 Å². The third kappa shape index (κ3) is 2.88. The Morgan fingerprint density at radius 3 is 2.38 bits per heavy atom. The van der Waals surface area contributed by atoms with Gasteiger partial charge in [-0.15, -0.1) is 0 Å². The predicted octanol–water partition coefficient (Wildman–Crippen LogP) is 4.60. The minimum absolute atomic E-state index is 0.517. The van der Waals surface area contributed by atoms with Crippen molar-refractivity contribution in [1.82, 2.24) is 4.57 Å². The fourth-order valence-electron chi connectivity index (χ4n) is 1.67. The standard InChI is InChI=1S/C15H23N/c1-11(2)13(5)7-8-15-9-10-16(12(3)4)14(15)6/h7-12H,5H2,1-4,6H3/b8-7-. The molecule has 0 bridgehead atoms. The molecule has 0 saturated heterocycles. The normalized spacial score (nSPS) is 11.9. The van der Waals surface area contributed by atoms with Crippen molar-refractivity contribution in [3.8, 4) is 0 Å². The van der Waals surface area contributed by atoms with Crippen LogP contribution in [-0.4, -0.2) is 4.57 Å². The average molecular weight is 217 g/mol. The van der Waals surface area contributed by atoms with Gasteiger partial charge in [0.25, 0.3) is 0 Å². The van der Waals surface area contributed by atoms with Crippen LogP contribution in [0.2, 0.25) is 0 Å². The van der Waals surface area contributed by atoms with Gasteiger partial charge in [0.05, 0.1) is 0 Å². The smallest absolute Gasteiger partial charge is 0.0276 e. The molecule has 1 aromatic rings. The Kier molecular flexibility index (Phi) is 4.17. The molecule has 1 aromatic heterocycles. The SMILES string of the molecule is C=C(/C=C\c1ccn(C(C)C)c1C)C(C)C. The molecular weight excluding hydrogens is 194 g/mol. The Morgan fingerprint density at radius 1 is 1.31 bits per heavy atom.